The largest absolute Gasteiger partial charge is 0.493 e. The second kappa shape index (κ2) is 8.56. The number of ether oxygens (including phenoxy) is 2. The topological polar surface area (TPSA) is 63.6 Å². The zero-order chi connectivity index (χ0) is 19.2. The molecular formula is C22H24N2O3. The van der Waals surface area contributed by atoms with Gasteiger partial charge in [-0.1, -0.05) is 30.3 Å². The molecule has 27 heavy (non-hydrogen) atoms. The number of aromatic nitrogens is 1. The van der Waals surface area contributed by atoms with Crippen LogP contribution in [0.2, 0.25) is 0 Å². The summed E-state index contributed by atoms with van der Waals surface area (Å²) in [7, 11) is 3.26. The second-order valence-electron chi connectivity index (χ2n) is 6.24. The number of hydrogen-bond donors (Lipinski definition) is 2. The van der Waals surface area contributed by atoms with Crippen LogP contribution in [0.5, 0.6) is 11.5 Å². The number of methoxy groups -OCH3 is 2. The van der Waals surface area contributed by atoms with Crippen molar-refractivity contribution in [1.82, 2.24) is 4.98 Å². The third-order valence-electron chi connectivity index (χ3n) is 4.50. The number of aliphatic hydroxyl groups excluding tert-OH is 1. The molecule has 3 rings (SSSR count). The summed E-state index contributed by atoms with van der Waals surface area (Å²) in [5.74, 6) is 1.42. The highest BCUT2D eigenvalue weighted by atomic mass is 16.5. The van der Waals surface area contributed by atoms with Crippen LogP contribution in [0.4, 0.5) is 5.69 Å². The van der Waals surface area contributed by atoms with Crippen molar-refractivity contribution >= 4 is 5.69 Å². The van der Waals surface area contributed by atoms with Crippen molar-refractivity contribution in [2.75, 3.05) is 19.5 Å². The van der Waals surface area contributed by atoms with Gasteiger partial charge in [-0.3, -0.25) is 4.98 Å². The van der Waals surface area contributed by atoms with Gasteiger partial charge < -0.3 is 19.9 Å². The van der Waals surface area contributed by atoms with Gasteiger partial charge in [0.2, 0.25) is 0 Å². The predicted molar refractivity (Wildman–Crippen MR) is 106 cm³/mol. The lowest BCUT2D eigenvalue weighted by molar-refractivity contribution is 0.215. The van der Waals surface area contributed by atoms with E-state index in [1.54, 1.807) is 20.4 Å². The summed E-state index contributed by atoms with van der Waals surface area (Å²) in [4.78, 5) is 4.24. The molecule has 5 heteroatoms. The molecule has 0 fully saturated rings. The molecule has 140 valence electrons. The first-order valence-electron chi connectivity index (χ1n) is 8.77. The summed E-state index contributed by atoms with van der Waals surface area (Å²) >= 11 is 0. The average molecular weight is 364 g/mol. The normalized spacial score (nSPS) is 11.7. The van der Waals surface area contributed by atoms with E-state index in [4.69, 9.17) is 9.47 Å². The van der Waals surface area contributed by atoms with Crippen molar-refractivity contribution in [2.45, 2.75) is 19.6 Å². The minimum Gasteiger partial charge on any atom is -0.493 e. The lowest BCUT2D eigenvalue weighted by Gasteiger charge is -2.17. The fourth-order valence-electron chi connectivity index (χ4n) is 2.99. The molecule has 0 bridgehead atoms. The molecule has 0 spiro atoms. The molecule has 0 saturated heterocycles. The van der Waals surface area contributed by atoms with Crippen LogP contribution < -0.4 is 14.8 Å². The SMILES string of the molecule is COc1cccc(CNc2cc([C@@H](O)c3ccccn3)ccc2C)c1OC. The van der Waals surface area contributed by atoms with Gasteiger partial charge in [0.25, 0.3) is 0 Å². The third-order valence-corrected chi connectivity index (χ3v) is 4.50. The van der Waals surface area contributed by atoms with Gasteiger partial charge in [-0.25, -0.2) is 0 Å². The molecule has 2 N–H and O–H groups in total. The molecule has 0 unspecified atom stereocenters. The summed E-state index contributed by atoms with van der Waals surface area (Å²) in [6, 6.07) is 17.2. The van der Waals surface area contributed by atoms with E-state index in [-0.39, 0.29) is 0 Å². The third kappa shape index (κ3) is 4.20. The summed E-state index contributed by atoms with van der Waals surface area (Å²) < 4.78 is 10.9. The number of hydrogen-bond acceptors (Lipinski definition) is 5. The Balaban J connectivity index is 1.82. The fourth-order valence-corrected chi connectivity index (χ4v) is 2.99. The zero-order valence-electron chi connectivity index (χ0n) is 15.8. The molecule has 1 heterocycles. The molecule has 2 aromatic carbocycles. The van der Waals surface area contributed by atoms with Gasteiger partial charge in [-0.15, -0.1) is 0 Å². The minimum absolute atomic E-state index is 0.574. The Kier molecular flexibility index (Phi) is 5.94. The number of nitrogens with one attached hydrogen (secondary N) is 1. The number of anilines is 1. The highest BCUT2D eigenvalue weighted by Crippen LogP contribution is 2.32. The smallest absolute Gasteiger partial charge is 0.165 e. The number of rotatable bonds is 7. The van der Waals surface area contributed by atoms with Crippen LogP contribution in [0.15, 0.2) is 60.8 Å². The van der Waals surface area contributed by atoms with Crippen molar-refractivity contribution in [1.29, 1.82) is 0 Å². The lowest BCUT2D eigenvalue weighted by Crippen LogP contribution is -2.06. The van der Waals surface area contributed by atoms with Crippen LogP contribution in [-0.2, 0) is 6.54 Å². The Morgan fingerprint density at radius 1 is 1.04 bits per heavy atom. The fraction of sp³-hybridized carbons (Fsp3) is 0.227. The molecule has 5 nitrogen and oxygen atoms in total. The molecule has 0 aliphatic carbocycles. The van der Waals surface area contributed by atoms with Gasteiger partial charge in [0.15, 0.2) is 11.5 Å². The predicted octanol–water partition coefficient (Wildman–Crippen LogP) is 4.10. The van der Waals surface area contributed by atoms with Gasteiger partial charge in [0, 0.05) is 24.0 Å². The zero-order valence-corrected chi connectivity index (χ0v) is 15.8. The van der Waals surface area contributed by atoms with Gasteiger partial charge in [-0.05, 0) is 42.3 Å². The van der Waals surface area contributed by atoms with Gasteiger partial charge in [-0.2, -0.15) is 0 Å². The van der Waals surface area contributed by atoms with E-state index in [1.165, 1.54) is 0 Å². The number of para-hydroxylation sites is 1. The average Bonchev–Trinajstić information content (AvgIpc) is 2.72. The first-order valence-corrected chi connectivity index (χ1v) is 8.77. The van der Waals surface area contributed by atoms with E-state index >= 15 is 0 Å². The number of pyridine rings is 1. The lowest BCUT2D eigenvalue weighted by atomic mass is 10.0. The molecule has 1 aromatic heterocycles. The van der Waals surface area contributed by atoms with E-state index in [9.17, 15) is 5.11 Å². The summed E-state index contributed by atoms with van der Waals surface area (Å²) in [6.07, 6.45) is 0.916. The quantitative estimate of drug-likeness (QED) is 0.661. The first-order chi connectivity index (χ1) is 13.1. The monoisotopic (exact) mass is 364 g/mol. The van der Waals surface area contributed by atoms with Crippen molar-refractivity contribution in [2.24, 2.45) is 0 Å². The van der Waals surface area contributed by atoms with Gasteiger partial charge >= 0.3 is 0 Å². The molecule has 0 aliphatic rings. The molecule has 3 aromatic rings. The Hall–Kier alpha value is -3.05. The summed E-state index contributed by atoms with van der Waals surface area (Å²) in [6.45, 7) is 2.60. The maximum atomic E-state index is 10.6. The molecule has 0 aliphatic heterocycles. The highest BCUT2D eigenvalue weighted by molar-refractivity contribution is 5.55. The summed E-state index contributed by atoms with van der Waals surface area (Å²) in [5.41, 5.74) is 4.45. The Morgan fingerprint density at radius 3 is 2.59 bits per heavy atom. The molecule has 0 radical (unpaired) electrons. The van der Waals surface area contributed by atoms with E-state index in [0.29, 0.717) is 18.0 Å². The number of benzene rings is 2. The van der Waals surface area contributed by atoms with Crippen molar-refractivity contribution in [3.63, 3.8) is 0 Å². The van der Waals surface area contributed by atoms with E-state index in [1.807, 2.05) is 61.5 Å². The highest BCUT2D eigenvalue weighted by Gasteiger charge is 2.14. The maximum absolute atomic E-state index is 10.6. The van der Waals surface area contributed by atoms with Crippen LogP contribution in [0.1, 0.15) is 28.5 Å². The molecule has 0 amide bonds. The Morgan fingerprint density at radius 2 is 1.89 bits per heavy atom. The van der Waals surface area contributed by atoms with Crippen molar-refractivity contribution < 1.29 is 14.6 Å². The Labute approximate surface area is 159 Å². The van der Waals surface area contributed by atoms with Crippen LogP contribution in [0.25, 0.3) is 0 Å². The molecule has 1 atom stereocenters. The molecular weight excluding hydrogens is 340 g/mol. The Bertz CT molecular complexity index is 897. The number of nitrogens with zero attached hydrogens (tertiary/aromatic N) is 1. The first kappa shape index (κ1) is 18.7. The standard InChI is InChI=1S/C22H24N2O3/c1-15-10-11-16(21(25)18-8-4-5-12-23-18)13-19(15)24-14-17-7-6-9-20(26-2)22(17)27-3/h4-13,21,24-25H,14H2,1-3H3/t21-/m1/s1. The number of aryl methyl sites for hydroxylation is 1. The van der Waals surface area contributed by atoms with Crippen molar-refractivity contribution in [3.05, 3.63) is 83.2 Å². The van der Waals surface area contributed by atoms with E-state index < -0.39 is 6.10 Å². The van der Waals surface area contributed by atoms with Gasteiger partial charge in [0.05, 0.1) is 19.9 Å². The minimum atomic E-state index is -0.765. The van der Waals surface area contributed by atoms with E-state index in [0.717, 1.165) is 28.1 Å². The van der Waals surface area contributed by atoms with E-state index in [2.05, 4.69) is 10.3 Å². The second-order valence-corrected chi connectivity index (χ2v) is 6.24. The summed E-state index contributed by atoms with van der Waals surface area (Å²) in [5, 5.41) is 14.1. The van der Waals surface area contributed by atoms with Crippen LogP contribution >= 0.6 is 0 Å². The maximum Gasteiger partial charge on any atom is 0.165 e. The van der Waals surface area contributed by atoms with Gasteiger partial charge in [0.1, 0.15) is 6.10 Å². The van der Waals surface area contributed by atoms with Crippen LogP contribution in [0.3, 0.4) is 0 Å². The van der Waals surface area contributed by atoms with Crippen LogP contribution in [0, 0.1) is 6.92 Å². The van der Waals surface area contributed by atoms with Crippen molar-refractivity contribution in [3.8, 4) is 11.5 Å². The molecule has 0 saturated carbocycles. The van der Waals surface area contributed by atoms with Crippen LogP contribution in [-0.4, -0.2) is 24.3 Å². The number of aliphatic hydroxyl groups is 1.